The van der Waals surface area contributed by atoms with Crippen molar-refractivity contribution in [3.8, 4) is 0 Å². The quantitative estimate of drug-likeness (QED) is 0.173. The lowest BCUT2D eigenvalue weighted by atomic mass is 10.0. The molecule has 4 aromatic rings. The van der Waals surface area contributed by atoms with Gasteiger partial charge in [-0.25, -0.2) is 17.8 Å². The molecule has 0 spiro atoms. The van der Waals surface area contributed by atoms with Gasteiger partial charge in [0.05, 0.1) is 36.3 Å². The summed E-state index contributed by atoms with van der Waals surface area (Å²) in [7, 11) is -3.90. The Kier molecular flexibility index (Phi) is 10.1. The monoisotopic (exact) mass is 812 g/mol. The molecule has 2 aliphatic carbocycles. The van der Waals surface area contributed by atoms with E-state index in [2.05, 4.69) is 20.7 Å². The highest BCUT2D eigenvalue weighted by molar-refractivity contribution is 7.91. The lowest BCUT2D eigenvalue weighted by molar-refractivity contribution is -0.141. The summed E-state index contributed by atoms with van der Waals surface area (Å²) in [5.74, 6) is -1.52. The molecular weight excluding hydrogens is 768 g/mol. The number of amides is 3. The molecule has 4 N–H and O–H groups in total. The Morgan fingerprint density at radius 1 is 1.05 bits per heavy atom. The molecule has 1 saturated heterocycles. The van der Waals surface area contributed by atoms with Crippen molar-refractivity contribution in [2.75, 3.05) is 11.9 Å². The molecule has 3 amide bonds. The molecule has 16 heteroatoms. The maximum atomic E-state index is 14.7. The fourth-order valence-corrected chi connectivity index (χ4v) is 9.65. The lowest BCUT2D eigenvalue weighted by Gasteiger charge is -2.30. The first-order valence-corrected chi connectivity index (χ1v) is 21.5. The molecule has 2 aromatic heterocycles. The van der Waals surface area contributed by atoms with Crippen molar-refractivity contribution in [2.45, 2.75) is 99.5 Å². The molecule has 2 aromatic carbocycles. The van der Waals surface area contributed by atoms with Crippen molar-refractivity contribution < 1.29 is 40.8 Å². The number of sulfonamides is 1. The van der Waals surface area contributed by atoms with E-state index in [-0.39, 0.29) is 43.5 Å². The van der Waals surface area contributed by atoms with Crippen LogP contribution in [0.1, 0.15) is 81.0 Å². The van der Waals surface area contributed by atoms with E-state index >= 15 is 0 Å². The number of ether oxygens (including phenoxy) is 1. The SMILES string of the molecule is O=C1NC2(C(=O)NS(=O)(=O)C3CC3)CC2C=CCCCCCC(NCc2ccco2)C(=O)N2CC(OC3=NC(c4ccccc4)Nc4c3oc3ccc(F)cc43)CC12. The Balaban J connectivity index is 1.04. The number of carbonyl (C=O) groups is 3. The van der Waals surface area contributed by atoms with E-state index in [0.717, 1.165) is 31.2 Å². The van der Waals surface area contributed by atoms with Crippen LogP contribution in [0.25, 0.3) is 11.0 Å². The number of rotatable bonds is 8. The maximum Gasteiger partial charge on any atom is 0.259 e. The van der Waals surface area contributed by atoms with Crippen LogP contribution in [0.5, 0.6) is 0 Å². The number of hydrogen-bond donors (Lipinski definition) is 4. The van der Waals surface area contributed by atoms with Crippen LogP contribution in [0.4, 0.5) is 10.1 Å². The van der Waals surface area contributed by atoms with Crippen LogP contribution >= 0.6 is 0 Å². The Hall–Kier alpha value is -5.48. The van der Waals surface area contributed by atoms with E-state index in [1.54, 1.807) is 12.3 Å². The van der Waals surface area contributed by atoms with Crippen molar-refractivity contribution in [1.29, 1.82) is 0 Å². The van der Waals surface area contributed by atoms with Crippen LogP contribution in [-0.2, 0) is 35.7 Å². The number of allylic oxidation sites excluding steroid dienone is 1. The van der Waals surface area contributed by atoms with Gasteiger partial charge in [0.25, 0.3) is 11.8 Å². The largest absolute Gasteiger partial charge is 0.470 e. The normalized spacial score (nSPS) is 27.6. The molecule has 5 heterocycles. The second-order valence-corrected chi connectivity index (χ2v) is 17.8. The molecule has 304 valence electrons. The molecule has 2 saturated carbocycles. The smallest absolute Gasteiger partial charge is 0.259 e. The Bertz CT molecular complexity index is 2380. The third-order valence-corrected chi connectivity index (χ3v) is 13.5. The van der Waals surface area contributed by atoms with Gasteiger partial charge in [-0.2, -0.15) is 0 Å². The van der Waals surface area contributed by atoms with Gasteiger partial charge in [-0.1, -0.05) is 55.3 Å². The fourth-order valence-electron chi connectivity index (χ4n) is 8.28. The van der Waals surface area contributed by atoms with E-state index in [1.807, 2.05) is 48.6 Å². The molecular formula is C42H45FN6O8S. The zero-order chi connectivity index (χ0) is 40.0. The molecule has 5 aliphatic rings. The van der Waals surface area contributed by atoms with Crippen molar-refractivity contribution in [3.05, 3.63) is 102 Å². The zero-order valence-electron chi connectivity index (χ0n) is 31.7. The van der Waals surface area contributed by atoms with Crippen LogP contribution in [0, 0.1) is 11.7 Å². The minimum atomic E-state index is -3.90. The summed E-state index contributed by atoms with van der Waals surface area (Å²) in [6, 6.07) is 15.5. The first-order valence-electron chi connectivity index (χ1n) is 20.0. The highest BCUT2D eigenvalue weighted by Gasteiger charge is 2.62. The second-order valence-electron chi connectivity index (χ2n) is 15.8. The summed E-state index contributed by atoms with van der Waals surface area (Å²) in [6.07, 6.45) is 8.93. The van der Waals surface area contributed by atoms with Gasteiger partial charge in [0.1, 0.15) is 41.0 Å². The van der Waals surface area contributed by atoms with Crippen LogP contribution in [0.3, 0.4) is 0 Å². The number of halogens is 1. The molecule has 3 fully saturated rings. The van der Waals surface area contributed by atoms with Crippen molar-refractivity contribution in [1.82, 2.24) is 20.3 Å². The molecule has 6 atom stereocenters. The number of furan rings is 2. The number of hydrogen-bond acceptors (Lipinski definition) is 11. The highest BCUT2D eigenvalue weighted by atomic mass is 32.2. The Labute approximate surface area is 334 Å². The predicted octanol–water partition coefficient (Wildman–Crippen LogP) is 5.18. The minimum absolute atomic E-state index is 0.00107. The van der Waals surface area contributed by atoms with Gasteiger partial charge in [-0.15, -0.1) is 0 Å². The number of nitrogens with one attached hydrogen (secondary N) is 4. The van der Waals surface area contributed by atoms with Crippen LogP contribution in [0.15, 0.2) is 92.9 Å². The van der Waals surface area contributed by atoms with Gasteiger partial charge in [0.2, 0.25) is 27.6 Å². The summed E-state index contributed by atoms with van der Waals surface area (Å²) < 4.78 is 61.0. The maximum absolute atomic E-state index is 14.7. The van der Waals surface area contributed by atoms with Crippen LogP contribution < -0.4 is 20.7 Å². The first kappa shape index (κ1) is 38.1. The summed E-state index contributed by atoms with van der Waals surface area (Å²) in [5.41, 5.74) is 0.239. The fraction of sp³-hybridized carbons (Fsp3) is 0.429. The number of anilines is 1. The standard InChI is InChI=1S/C42H45FN6O8S/c43-27-15-18-34-31(20-27)35-36(57-34)39(46-37(45-35)25-10-5-4-6-11-25)56-29-21-33-38(50)47-42(41(52)48-58(53,54)30-16-17-30)22-26(42)12-7-2-1-3-8-14-32(40(51)49(33)24-29)44-23-28-13-9-19-55-28/h4-7,9-13,15,18-20,26,29-30,32-33,37,44-45H,1-3,8,14,16-17,21-24H2,(H,47,50)(H,48,52). The van der Waals surface area contributed by atoms with Gasteiger partial charge in [0.15, 0.2) is 0 Å². The van der Waals surface area contributed by atoms with Crippen LogP contribution in [0.2, 0.25) is 0 Å². The average Bonchev–Trinajstić information content (AvgIpc) is 4.02. The number of aliphatic imine (C=N–C) groups is 1. The van der Waals surface area contributed by atoms with Crippen molar-refractivity contribution in [2.24, 2.45) is 10.9 Å². The minimum Gasteiger partial charge on any atom is -0.470 e. The van der Waals surface area contributed by atoms with Gasteiger partial charge in [0, 0.05) is 17.7 Å². The van der Waals surface area contributed by atoms with E-state index in [1.165, 1.54) is 23.1 Å². The zero-order valence-corrected chi connectivity index (χ0v) is 32.5. The number of nitrogens with zero attached hydrogens (tertiary/aromatic N) is 2. The van der Waals surface area contributed by atoms with Gasteiger partial charge in [-0.05, 0) is 74.4 Å². The third kappa shape index (κ3) is 7.62. The topological polar surface area (TPSA) is 185 Å². The van der Waals surface area contributed by atoms with Gasteiger partial charge < -0.3 is 29.1 Å². The predicted molar refractivity (Wildman–Crippen MR) is 211 cm³/mol. The summed E-state index contributed by atoms with van der Waals surface area (Å²) >= 11 is 0. The molecule has 0 radical (unpaired) electrons. The molecule has 6 unspecified atom stereocenters. The Morgan fingerprint density at radius 3 is 2.69 bits per heavy atom. The Morgan fingerprint density at radius 2 is 1.90 bits per heavy atom. The molecule has 14 nitrogen and oxygen atoms in total. The molecule has 0 bridgehead atoms. The lowest BCUT2D eigenvalue weighted by Crippen LogP contribution is -2.58. The third-order valence-electron chi connectivity index (χ3n) is 11.7. The van der Waals surface area contributed by atoms with E-state index in [4.69, 9.17) is 18.6 Å². The van der Waals surface area contributed by atoms with Crippen LogP contribution in [-0.4, -0.2) is 72.5 Å². The van der Waals surface area contributed by atoms with Gasteiger partial charge in [-0.3, -0.25) is 24.4 Å². The second kappa shape index (κ2) is 15.4. The molecule has 3 aliphatic heterocycles. The number of benzene rings is 2. The summed E-state index contributed by atoms with van der Waals surface area (Å²) in [5, 5.41) is 9.52. The van der Waals surface area contributed by atoms with E-state index in [0.29, 0.717) is 41.7 Å². The van der Waals surface area contributed by atoms with E-state index < -0.39 is 68.7 Å². The number of carbonyl (C=O) groups excluding carboxylic acids is 3. The van der Waals surface area contributed by atoms with E-state index in [9.17, 15) is 27.2 Å². The van der Waals surface area contributed by atoms with Crippen molar-refractivity contribution in [3.63, 3.8) is 0 Å². The average molecular weight is 813 g/mol. The summed E-state index contributed by atoms with van der Waals surface area (Å²) in [4.78, 5) is 49.5. The van der Waals surface area contributed by atoms with Gasteiger partial charge >= 0.3 is 0 Å². The molecule has 58 heavy (non-hydrogen) atoms. The van der Waals surface area contributed by atoms with Crippen molar-refractivity contribution >= 4 is 50.3 Å². The highest BCUT2D eigenvalue weighted by Crippen LogP contribution is 2.46. The first-order chi connectivity index (χ1) is 28.1. The molecule has 9 rings (SSSR count). The number of fused-ring (bicyclic) bond motifs is 5. The summed E-state index contributed by atoms with van der Waals surface area (Å²) in [6.45, 7) is 0.290.